The van der Waals surface area contributed by atoms with E-state index in [1.807, 2.05) is 37.5 Å². The molecular weight excluding hydrogens is 398 g/mol. The minimum atomic E-state index is -0.446. The van der Waals surface area contributed by atoms with Crippen molar-refractivity contribution in [3.8, 4) is 0 Å². The van der Waals surface area contributed by atoms with Gasteiger partial charge < -0.3 is 19.2 Å². The number of hydrogen-bond donors (Lipinski definition) is 0. The van der Waals surface area contributed by atoms with Gasteiger partial charge in [0, 0.05) is 44.9 Å². The number of aromatic nitrogens is 2. The molecule has 2 fully saturated rings. The minimum absolute atomic E-state index is 0.0678. The zero-order chi connectivity index (χ0) is 22.8. The molecule has 0 aromatic carbocycles. The number of carbonyl (C=O) groups excluding carboxylic acids is 3. The summed E-state index contributed by atoms with van der Waals surface area (Å²) < 4.78 is 5.15. The molecule has 9 nitrogen and oxygen atoms in total. The third-order valence-electron chi connectivity index (χ3n) is 6.14. The van der Waals surface area contributed by atoms with Crippen molar-refractivity contribution in [3.05, 3.63) is 11.7 Å². The van der Waals surface area contributed by atoms with Crippen LogP contribution in [-0.4, -0.2) is 74.8 Å². The molecule has 1 aromatic rings. The molecule has 0 aliphatic carbocycles. The Labute approximate surface area is 184 Å². The van der Waals surface area contributed by atoms with Gasteiger partial charge in [0.2, 0.25) is 23.6 Å². The highest BCUT2D eigenvalue weighted by atomic mass is 16.5. The van der Waals surface area contributed by atoms with Crippen LogP contribution in [0.1, 0.15) is 65.6 Å². The van der Waals surface area contributed by atoms with Crippen LogP contribution in [0.3, 0.4) is 0 Å². The summed E-state index contributed by atoms with van der Waals surface area (Å²) in [7, 11) is 0. The summed E-state index contributed by atoms with van der Waals surface area (Å²) in [5.74, 6) is 0.980. The van der Waals surface area contributed by atoms with Crippen LogP contribution < -0.4 is 0 Å². The van der Waals surface area contributed by atoms with Gasteiger partial charge >= 0.3 is 0 Å². The molecule has 0 unspecified atom stereocenters. The highest BCUT2D eigenvalue weighted by Crippen LogP contribution is 2.27. The standard InChI is InChI=1S/C22H35N5O4/c1-6-19-23-18(24-31-19)14-27(15(2)28)17-9-11-25(13-17)20(29)16-8-7-10-26(12-16)21(30)22(3,4)5/h16-17H,6-14H2,1-5H3/t16-,17+/m1/s1. The lowest BCUT2D eigenvalue weighted by molar-refractivity contribution is -0.145. The molecule has 2 saturated heterocycles. The van der Waals surface area contributed by atoms with Crippen LogP contribution in [0.15, 0.2) is 4.52 Å². The van der Waals surface area contributed by atoms with Gasteiger partial charge in [-0.2, -0.15) is 4.98 Å². The fraction of sp³-hybridized carbons (Fsp3) is 0.773. The molecule has 9 heteroatoms. The third kappa shape index (κ3) is 5.43. The lowest BCUT2D eigenvalue weighted by atomic mass is 9.90. The maximum Gasteiger partial charge on any atom is 0.227 e. The molecule has 3 heterocycles. The molecule has 2 atom stereocenters. The van der Waals surface area contributed by atoms with Crippen LogP contribution >= 0.6 is 0 Å². The average molecular weight is 434 g/mol. The molecule has 2 aliphatic rings. The number of nitrogens with zero attached hydrogens (tertiary/aromatic N) is 5. The summed E-state index contributed by atoms with van der Waals surface area (Å²) >= 11 is 0. The first-order chi connectivity index (χ1) is 14.6. The van der Waals surface area contributed by atoms with E-state index < -0.39 is 5.41 Å². The molecule has 0 bridgehead atoms. The molecule has 0 radical (unpaired) electrons. The monoisotopic (exact) mass is 433 g/mol. The number of rotatable bonds is 5. The van der Waals surface area contributed by atoms with E-state index in [0.717, 1.165) is 19.3 Å². The highest BCUT2D eigenvalue weighted by molar-refractivity contribution is 5.84. The molecule has 0 spiro atoms. The normalized spacial score (nSPS) is 22.0. The first-order valence-electron chi connectivity index (χ1n) is 11.3. The van der Waals surface area contributed by atoms with Gasteiger partial charge in [0.1, 0.15) is 0 Å². The molecule has 0 saturated carbocycles. The van der Waals surface area contributed by atoms with Gasteiger partial charge in [-0.25, -0.2) is 0 Å². The quantitative estimate of drug-likeness (QED) is 0.703. The van der Waals surface area contributed by atoms with Gasteiger partial charge in [-0.1, -0.05) is 32.9 Å². The van der Waals surface area contributed by atoms with E-state index in [1.54, 1.807) is 4.90 Å². The van der Waals surface area contributed by atoms with Gasteiger partial charge in [0.15, 0.2) is 5.82 Å². The second-order valence-corrected chi connectivity index (χ2v) is 9.67. The Hall–Kier alpha value is -2.45. The number of carbonyl (C=O) groups is 3. The van der Waals surface area contributed by atoms with Crippen molar-refractivity contribution in [1.82, 2.24) is 24.8 Å². The van der Waals surface area contributed by atoms with E-state index >= 15 is 0 Å². The Morgan fingerprint density at radius 1 is 1.13 bits per heavy atom. The smallest absolute Gasteiger partial charge is 0.227 e. The van der Waals surface area contributed by atoms with E-state index in [2.05, 4.69) is 10.1 Å². The summed E-state index contributed by atoms with van der Waals surface area (Å²) in [6.07, 6.45) is 3.01. The van der Waals surface area contributed by atoms with Crippen molar-refractivity contribution in [2.24, 2.45) is 11.3 Å². The number of hydrogen-bond acceptors (Lipinski definition) is 6. The average Bonchev–Trinajstić information content (AvgIpc) is 3.39. The zero-order valence-electron chi connectivity index (χ0n) is 19.4. The van der Waals surface area contributed by atoms with Crippen molar-refractivity contribution < 1.29 is 18.9 Å². The Balaban J connectivity index is 1.61. The molecule has 1 aromatic heterocycles. The van der Waals surface area contributed by atoms with Gasteiger partial charge in [0.25, 0.3) is 0 Å². The largest absolute Gasteiger partial charge is 0.341 e. The Morgan fingerprint density at radius 2 is 1.87 bits per heavy atom. The maximum absolute atomic E-state index is 13.2. The predicted octanol–water partition coefficient (Wildman–Crippen LogP) is 1.87. The minimum Gasteiger partial charge on any atom is -0.341 e. The summed E-state index contributed by atoms with van der Waals surface area (Å²) in [6.45, 7) is 11.8. The van der Waals surface area contributed by atoms with Crippen LogP contribution in [0.25, 0.3) is 0 Å². The Kier molecular flexibility index (Phi) is 7.01. The lowest BCUT2D eigenvalue weighted by Crippen LogP contribution is -2.49. The molecule has 3 amide bonds. The number of piperidine rings is 1. The summed E-state index contributed by atoms with van der Waals surface area (Å²) in [5.41, 5.74) is -0.446. The van der Waals surface area contributed by atoms with Crippen LogP contribution in [0, 0.1) is 11.3 Å². The zero-order valence-corrected chi connectivity index (χ0v) is 19.4. The van der Waals surface area contributed by atoms with Crippen LogP contribution in [0.5, 0.6) is 0 Å². The van der Waals surface area contributed by atoms with Crippen molar-refractivity contribution in [3.63, 3.8) is 0 Å². The second-order valence-electron chi connectivity index (χ2n) is 9.67. The number of amides is 3. The van der Waals surface area contributed by atoms with Crippen LogP contribution in [0.2, 0.25) is 0 Å². The first-order valence-corrected chi connectivity index (χ1v) is 11.3. The predicted molar refractivity (Wildman–Crippen MR) is 114 cm³/mol. The molecule has 2 aliphatic heterocycles. The topological polar surface area (TPSA) is 99.9 Å². The van der Waals surface area contributed by atoms with E-state index in [-0.39, 0.29) is 36.2 Å². The van der Waals surface area contributed by atoms with Gasteiger partial charge in [-0.3, -0.25) is 14.4 Å². The third-order valence-corrected chi connectivity index (χ3v) is 6.14. The summed E-state index contributed by atoms with van der Waals surface area (Å²) in [4.78, 5) is 47.9. The Morgan fingerprint density at radius 3 is 2.48 bits per heavy atom. The fourth-order valence-corrected chi connectivity index (χ4v) is 4.44. The van der Waals surface area contributed by atoms with E-state index in [1.165, 1.54) is 6.92 Å². The summed E-state index contributed by atoms with van der Waals surface area (Å²) in [5, 5.41) is 3.95. The molecular formula is C22H35N5O4. The van der Waals surface area contributed by atoms with E-state index in [4.69, 9.17) is 4.52 Å². The van der Waals surface area contributed by atoms with Crippen molar-refractivity contribution >= 4 is 17.7 Å². The van der Waals surface area contributed by atoms with Gasteiger partial charge in [-0.05, 0) is 19.3 Å². The van der Waals surface area contributed by atoms with E-state index in [0.29, 0.717) is 44.3 Å². The van der Waals surface area contributed by atoms with Crippen molar-refractivity contribution in [1.29, 1.82) is 0 Å². The summed E-state index contributed by atoms with van der Waals surface area (Å²) in [6, 6.07) is -0.0686. The lowest BCUT2D eigenvalue weighted by Gasteiger charge is -2.37. The van der Waals surface area contributed by atoms with E-state index in [9.17, 15) is 14.4 Å². The fourth-order valence-electron chi connectivity index (χ4n) is 4.44. The number of aryl methyl sites for hydroxylation is 1. The highest BCUT2D eigenvalue weighted by Gasteiger charge is 2.38. The Bertz CT molecular complexity index is 815. The van der Waals surface area contributed by atoms with Crippen molar-refractivity contribution in [2.75, 3.05) is 26.2 Å². The van der Waals surface area contributed by atoms with Gasteiger partial charge in [-0.15, -0.1) is 0 Å². The molecule has 172 valence electrons. The first kappa shape index (κ1) is 23.2. The SMILES string of the molecule is CCc1nc(CN(C(C)=O)[C@H]2CCN(C(=O)[C@@H]3CCCN(C(=O)C(C)(C)C)C3)C2)no1. The molecule has 31 heavy (non-hydrogen) atoms. The van der Waals surface area contributed by atoms with Gasteiger partial charge in [0.05, 0.1) is 18.5 Å². The number of likely N-dealkylation sites (tertiary alicyclic amines) is 2. The molecule has 0 N–H and O–H groups in total. The van der Waals surface area contributed by atoms with Crippen LogP contribution in [-0.2, 0) is 27.3 Å². The van der Waals surface area contributed by atoms with Crippen molar-refractivity contribution in [2.45, 2.75) is 72.9 Å². The molecule has 3 rings (SSSR count). The second kappa shape index (κ2) is 9.36. The van der Waals surface area contributed by atoms with Crippen LogP contribution in [0.4, 0.5) is 0 Å². The maximum atomic E-state index is 13.2.